The minimum absolute atomic E-state index is 0.0162. The minimum Gasteiger partial charge on any atom is -0.465 e. The molecule has 0 saturated heterocycles. The zero-order valence-corrected chi connectivity index (χ0v) is 11.5. The average molecular weight is 271 g/mol. The van der Waals surface area contributed by atoms with Crippen LogP contribution in [0.15, 0.2) is 42.6 Å². The van der Waals surface area contributed by atoms with Crippen LogP contribution in [0.5, 0.6) is 0 Å². The topological polar surface area (TPSA) is 77.2 Å². The fourth-order valence-corrected chi connectivity index (χ4v) is 1.88. The molecular formula is C15H17N3O2. The van der Waals surface area contributed by atoms with E-state index in [1.165, 1.54) is 7.11 Å². The van der Waals surface area contributed by atoms with Crippen molar-refractivity contribution in [2.24, 2.45) is 0 Å². The zero-order chi connectivity index (χ0) is 14.5. The highest BCUT2D eigenvalue weighted by molar-refractivity contribution is 5.91. The number of carbonyl (C=O) groups excluding carboxylic acids is 1. The van der Waals surface area contributed by atoms with Gasteiger partial charge in [0.15, 0.2) is 0 Å². The van der Waals surface area contributed by atoms with Gasteiger partial charge in [-0.15, -0.1) is 0 Å². The molecule has 0 aliphatic carbocycles. The number of ether oxygens (including phenoxy) is 1. The van der Waals surface area contributed by atoms with Gasteiger partial charge in [0.1, 0.15) is 0 Å². The molecule has 2 rings (SSSR count). The van der Waals surface area contributed by atoms with Crippen molar-refractivity contribution in [1.82, 2.24) is 4.98 Å². The summed E-state index contributed by atoms with van der Waals surface area (Å²) in [6.45, 7) is 2.00. The van der Waals surface area contributed by atoms with E-state index in [0.717, 1.165) is 11.4 Å². The van der Waals surface area contributed by atoms with Crippen molar-refractivity contribution >= 4 is 17.3 Å². The maximum Gasteiger partial charge on any atom is 0.337 e. The largest absolute Gasteiger partial charge is 0.465 e. The first-order valence-corrected chi connectivity index (χ1v) is 6.27. The summed E-state index contributed by atoms with van der Waals surface area (Å²) in [5.41, 5.74) is 8.56. The van der Waals surface area contributed by atoms with Gasteiger partial charge in [0.2, 0.25) is 0 Å². The molecule has 0 saturated carbocycles. The molecule has 104 valence electrons. The normalized spacial score (nSPS) is 11.7. The van der Waals surface area contributed by atoms with E-state index in [1.54, 1.807) is 24.4 Å². The van der Waals surface area contributed by atoms with Gasteiger partial charge in [-0.05, 0) is 37.3 Å². The monoisotopic (exact) mass is 271 g/mol. The molecule has 0 aliphatic heterocycles. The second-order valence-electron chi connectivity index (χ2n) is 4.41. The third-order valence-electron chi connectivity index (χ3n) is 2.98. The second-order valence-corrected chi connectivity index (χ2v) is 4.41. The van der Waals surface area contributed by atoms with Crippen molar-refractivity contribution in [1.29, 1.82) is 0 Å². The Bertz CT molecular complexity index is 599. The summed E-state index contributed by atoms with van der Waals surface area (Å²) in [5.74, 6) is -0.402. The molecule has 2 aromatic rings. The molecule has 0 fully saturated rings. The van der Waals surface area contributed by atoms with Crippen LogP contribution in [0.25, 0.3) is 0 Å². The number of carbonyl (C=O) groups is 1. The van der Waals surface area contributed by atoms with Crippen molar-refractivity contribution in [2.45, 2.75) is 13.0 Å². The van der Waals surface area contributed by atoms with Crippen LogP contribution < -0.4 is 11.1 Å². The lowest BCUT2D eigenvalue weighted by molar-refractivity contribution is 0.0601. The molecule has 0 aliphatic rings. The number of nitrogens with zero attached hydrogens (tertiary/aromatic N) is 1. The molecule has 1 aromatic heterocycles. The molecule has 0 bridgehead atoms. The van der Waals surface area contributed by atoms with Gasteiger partial charge in [-0.1, -0.05) is 6.07 Å². The summed E-state index contributed by atoms with van der Waals surface area (Å²) in [7, 11) is 1.34. The van der Waals surface area contributed by atoms with Crippen LogP contribution in [0, 0.1) is 0 Å². The Morgan fingerprint density at radius 2 is 2.15 bits per heavy atom. The quantitative estimate of drug-likeness (QED) is 0.660. The number of benzene rings is 1. The highest BCUT2D eigenvalue weighted by Gasteiger charge is 2.11. The molecule has 1 heterocycles. The molecule has 1 unspecified atom stereocenters. The number of rotatable bonds is 4. The molecule has 0 amide bonds. The maximum atomic E-state index is 11.4. The maximum absolute atomic E-state index is 11.4. The van der Waals surface area contributed by atoms with Gasteiger partial charge in [0, 0.05) is 6.20 Å². The standard InChI is InChI=1S/C15H17N3O2/c1-10(13-5-3-4-8-17-13)18-14-7-6-11(9-12(14)16)15(19)20-2/h3-10,18H,16H2,1-2H3. The summed E-state index contributed by atoms with van der Waals surface area (Å²) in [6.07, 6.45) is 1.75. The Hall–Kier alpha value is -2.56. The van der Waals surface area contributed by atoms with Gasteiger partial charge in [0.05, 0.1) is 35.8 Å². The van der Waals surface area contributed by atoms with E-state index in [0.29, 0.717) is 11.3 Å². The van der Waals surface area contributed by atoms with E-state index >= 15 is 0 Å². The lowest BCUT2D eigenvalue weighted by Crippen LogP contribution is -2.10. The van der Waals surface area contributed by atoms with Crippen LogP contribution in [0.4, 0.5) is 11.4 Å². The first kappa shape index (κ1) is 13.9. The lowest BCUT2D eigenvalue weighted by atomic mass is 10.1. The lowest BCUT2D eigenvalue weighted by Gasteiger charge is -2.16. The molecule has 1 aromatic carbocycles. The van der Waals surface area contributed by atoms with Crippen LogP contribution in [0.3, 0.4) is 0 Å². The smallest absolute Gasteiger partial charge is 0.337 e. The summed E-state index contributed by atoms with van der Waals surface area (Å²) < 4.78 is 4.66. The molecular weight excluding hydrogens is 254 g/mol. The third-order valence-corrected chi connectivity index (χ3v) is 2.98. The summed E-state index contributed by atoms with van der Waals surface area (Å²) in [5, 5.41) is 3.27. The predicted molar refractivity (Wildman–Crippen MR) is 78.5 cm³/mol. The van der Waals surface area contributed by atoms with Crippen molar-refractivity contribution in [3.8, 4) is 0 Å². The molecule has 5 nitrogen and oxygen atoms in total. The van der Waals surface area contributed by atoms with E-state index in [-0.39, 0.29) is 6.04 Å². The molecule has 5 heteroatoms. The number of pyridine rings is 1. The first-order chi connectivity index (χ1) is 9.61. The minimum atomic E-state index is -0.402. The van der Waals surface area contributed by atoms with E-state index in [1.807, 2.05) is 25.1 Å². The Morgan fingerprint density at radius 1 is 1.35 bits per heavy atom. The fourth-order valence-electron chi connectivity index (χ4n) is 1.88. The average Bonchev–Trinajstić information content (AvgIpc) is 2.49. The van der Waals surface area contributed by atoms with Gasteiger partial charge in [-0.2, -0.15) is 0 Å². The van der Waals surface area contributed by atoms with Crippen molar-refractivity contribution < 1.29 is 9.53 Å². The van der Waals surface area contributed by atoms with Crippen molar-refractivity contribution in [3.05, 3.63) is 53.9 Å². The summed E-state index contributed by atoms with van der Waals surface area (Å²) in [4.78, 5) is 15.7. The Morgan fingerprint density at radius 3 is 2.75 bits per heavy atom. The number of hydrogen-bond donors (Lipinski definition) is 2. The highest BCUT2D eigenvalue weighted by Crippen LogP contribution is 2.24. The number of nitrogen functional groups attached to an aromatic ring is 1. The van der Waals surface area contributed by atoms with E-state index in [9.17, 15) is 4.79 Å². The highest BCUT2D eigenvalue weighted by atomic mass is 16.5. The molecule has 0 spiro atoms. The van der Waals surface area contributed by atoms with Gasteiger partial charge in [-0.25, -0.2) is 4.79 Å². The number of anilines is 2. The SMILES string of the molecule is COC(=O)c1ccc(NC(C)c2ccccn2)c(N)c1. The Labute approximate surface area is 117 Å². The van der Waals surface area contributed by atoms with Crippen molar-refractivity contribution in [3.63, 3.8) is 0 Å². The number of methoxy groups -OCH3 is 1. The Balaban J connectivity index is 2.16. The van der Waals surface area contributed by atoms with E-state index < -0.39 is 5.97 Å². The number of nitrogens with two attached hydrogens (primary N) is 1. The number of hydrogen-bond acceptors (Lipinski definition) is 5. The third kappa shape index (κ3) is 3.06. The number of esters is 1. The van der Waals surface area contributed by atoms with Crippen LogP contribution in [-0.2, 0) is 4.74 Å². The van der Waals surface area contributed by atoms with Gasteiger partial charge in [-0.3, -0.25) is 4.98 Å². The molecule has 1 atom stereocenters. The van der Waals surface area contributed by atoms with Crippen LogP contribution >= 0.6 is 0 Å². The summed E-state index contributed by atoms with van der Waals surface area (Å²) in [6, 6.07) is 10.8. The fraction of sp³-hybridized carbons (Fsp3) is 0.200. The van der Waals surface area contributed by atoms with Crippen molar-refractivity contribution in [2.75, 3.05) is 18.2 Å². The zero-order valence-electron chi connectivity index (χ0n) is 11.5. The van der Waals surface area contributed by atoms with Crippen LogP contribution in [-0.4, -0.2) is 18.1 Å². The molecule has 20 heavy (non-hydrogen) atoms. The molecule has 0 radical (unpaired) electrons. The van der Waals surface area contributed by atoms with E-state index in [2.05, 4.69) is 15.0 Å². The number of aromatic nitrogens is 1. The first-order valence-electron chi connectivity index (χ1n) is 6.27. The van der Waals surface area contributed by atoms with Crippen LogP contribution in [0.1, 0.15) is 29.0 Å². The van der Waals surface area contributed by atoms with E-state index in [4.69, 9.17) is 5.73 Å². The summed E-state index contributed by atoms with van der Waals surface area (Å²) >= 11 is 0. The van der Waals surface area contributed by atoms with Gasteiger partial charge >= 0.3 is 5.97 Å². The van der Waals surface area contributed by atoms with Gasteiger partial charge < -0.3 is 15.8 Å². The van der Waals surface area contributed by atoms with Crippen LogP contribution in [0.2, 0.25) is 0 Å². The number of nitrogens with one attached hydrogen (secondary N) is 1. The second kappa shape index (κ2) is 6.06. The van der Waals surface area contributed by atoms with Gasteiger partial charge in [0.25, 0.3) is 0 Å². The Kier molecular flexibility index (Phi) is 4.20. The molecule has 3 N–H and O–H groups in total. The predicted octanol–water partition coefficient (Wildman–Crippen LogP) is 2.62.